The number of nitrogens with zero attached hydrogens (tertiary/aromatic N) is 3. The molecule has 0 aliphatic heterocycles. The van der Waals surface area contributed by atoms with E-state index in [2.05, 4.69) is 9.97 Å². The molecule has 1 heterocycles. The molecule has 1 aromatic carbocycles. The summed E-state index contributed by atoms with van der Waals surface area (Å²) >= 11 is 0. The summed E-state index contributed by atoms with van der Waals surface area (Å²) in [5, 5.41) is 0. The number of hydrogen-bond acceptors (Lipinski definition) is 5. The average molecular weight is 397 g/mol. The lowest BCUT2D eigenvalue weighted by Gasteiger charge is -2.25. The Labute approximate surface area is 163 Å². The fourth-order valence-corrected chi connectivity index (χ4v) is 2.48. The van der Waals surface area contributed by atoms with Gasteiger partial charge in [0.15, 0.2) is 0 Å². The molecule has 2 aromatic rings. The molecule has 0 aliphatic carbocycles. The van der Waals surface area contributed by atoms with Crippen LogP contribution in [0.25, 0.3) is 0 Å². The number of ether oxygens (including phenoxy) is 2. The van der Waals surface area contributed by atoms with Crippen LogP contribution in [0.3, 0.4) is 0 Å². The molecule has 0 spiro atoms. The van der Waals surface area contributed by atoms with Crippen molar-refractivity contribution < 1.29 is 22.6 Å². The number of alkyl halides is 3. The summed E-state index contributed by atoms with van der Waals surface area (Å²) in [5.41, 5.74) is -0.296. The van der Waals surface area contributed by atoms with Crippen LogP contribution in [0.4, 0.5) is 24.8 Å². The predicted molar refractivity (Wildman–Crippen MR) is 102 cm³/mol. The Morgan fingerprint density at radius 1 is 1.14 bits per heavy atom. The number of benzene rings is 1. The van der Waals surface area contributed by atoms with E-state index in [1.807, 2.05) is 45.0 Å². The number of aromatic nitrogens is 2. The third kappa shape index (κ3) is 5.27. The zero-order valence-electron chi connectivity index (χ0n) is 16.6. The van der Waals surface area contributed by atoms with Crippen molar-refractivity contribution in [3.8, 4) is 11.6 Å². The number of hydrogen-bond donors (Lipinski definition) is 0. The van der Waals surface area contributed by atoms with Gasteiger partial charge in [-0.1, -0.05) is 26.0 Å². The molecule has 0 amide bonds. The summed E-state index contributed by atoms with van der Waals surface area (Å²) in [6, 6.07) is 7.31. The fraction of sp³-hybridized carbons (Fsp3) is 0.500. The van der Waals surface area contributed by atoms with Crippen molar-refractivity contribution in [1.82, 2.24) is 9.97 Å². The van der Waals surface area contributed by atoms with E-state index >= 15 is 0 Å². The van der Waals surface area contributed by atoms with E-state index in [-0.39, 0.29) is 5.95 Å². The van der Waals surface area contributed by atoms with Crippen LogP contribution in [0.15, 0.2) is 30.5 Å². The lowest BCUT2D eigenvalue weighted by atomic mass is 10.2. The maximum Gasteiger partial charge on any atom is 0.423 e. The third-order valence-electron chi connectivity index (χ3n) is 4.11. The van der Waals surface area contributed by atoms with Crippen LogP contribution in [0.5, 0.6) is 11.6 Å². The summed E-state index contributed by atoms with van der Waals surface area (Å²) in [5.74, 6) is 0.290. The van der Waals surface area contributed by atoms with Gasteiger partial charge in [-0.25, -0.2) is 4.98 Å². The summed E-state index contributed by atoms with van der Waals surface area (Å²) in [6.07, 6.45) is -2.83. The van der Waals surface area contributed by atoms with Crippen LogP contribution in [0.2, 0.25) is 0 Å². The van der Waals surface area contributed by atoms with Crippen LogP contribution in [0, 0.1) is 0 Å². The minimum atomic E-state index is -4.60. The third-order valence-corrected chi connectivity index (χ3v) is 4.11. The van der Waals surface area contributed by atoms with Gasteiger partial charge >= 0.3 is 6.18 Å². The lowest BCUT2D eigenvalue weighted by Crippen LogP contribution is -2.22. The molecule has 0 aliphatic rings. The Kier molecular flexibility index (Phi) is 7.48. The molecule has 1 atom stereocenters. The van der Waals surface area contributed by atoms with E-state index in [9.17, 15) is 13.2 Å². The first-order chi connectivity index (χ1) is 13.3. The summed E-state index contributed by atoms with van der Waals surface area (Å²) in [4.78, 5) is 9.78. The van der Waals surface area contributed by atoms with Gasteiger partial charge < -0.3 is 14.4 Å². The van der Waals surface area contributed by atoms with Gasteiger partial charge in [0.2, 0.25) is 11.8 Å². The average Bonchev–Trinajstić information content (AvgIpc) is 2.67. The van der Waals surface area contributed by atoms with Gasteiger partial charge in [0.25, 0.3) is 0 Å². The molecule has 5 nitrogen and oxygen atoms in total. The van der Waals surface area contributed by atoms with Gasteiger partial charge in [-0.15, -0.1) is 0 Å². The monoisotopic (exact) mass is 397 g/mol. The number of para-hydroxylation sites is 2. The lowest BCUT2D eigenvalue weighted by molar-refractivity contribution is -0.139. The smallest absolute Gasteiger partial charge is 0.423 e. The Morgan fingerprint density at radius 2 is 1.86 bits per heavy atom. The van der Waals surface area contributed by atoms with Gasteiger partial charge in [0, 0.05) is 12.7 Å². The normalized spacial score (nSPS) is 12.5. The molecular formula is C20H26F3N3O2. The molecule has 0 bridgehead atoms. The van der Waals surface area contributed by atoms with E-state index in [0.717, 1.165) is 12.6 Å². The highest BCUT2D eigenvalue weighted by molar-refractivity contribution is 5.65. The topological polar surface area (TPSA) is 47.5 Å². The molecule has 1 aromatic heterocycles. The second kappa shape index (κ2) is 9.61. The second-order valence-electron chi connectivity index (χ2n) is 6.28. The van der Waals surface area contributed by atoms with Crippen molar-refractivity contribution in [2.24, 2.45) is 0 Å². The molecule has 0 N–H and O–H groups in total. The SMILES string of the molecule is CCCOc1ccccc1N(CC)c1ncc(C(F)(F)F)c(OC(C)CC)n1. The molecule has 8 heteroatoms. The minimum absolute atomic E-state index is 0.126. The maximum atomic E-state index is 13.4. The van der Waals surface area contributed by atoms with Crippen molar-refractivity contribution in [2.45, 2.75) is 52.8 Å². The fourth-order valence-electron chi connectivity index (χ4n) is 2.48. The first-order valence-electron chi connectivity index (χ1n) is 9.41. The van der Waals surface area contributed by atoms with E-state index in [0.29, 0.717) is 31.0 Å². The van der Waals surface area contributed by atoms with Crippen molar-refractivity contribution in [3.05, 3.63) is 36.0 Å². The van der Waals surface area contributed by atoms with Gasteiger partial charge in [-0.3, -0.25) is 0 Å². The van der Waals surface area contributed by atoms with E-state index < -0.39 is 23.7 Å². The minimum Gasteiger partial charge on any atom is -0.491 e. The Bertz CT molecular complexity index is 769. The summed E-state index contributed by atoms with van der Waals surface area (Å²) < 4.78 is 51.3. The highest BCUT2D eigenvalue weighted by Crippen LogP contribution is 2.38. The summed E-state index contributed by atoms with van der Waals surface area (Å²) in [6.45, 7) is 8.38. The first-order valence-corrected chi connectivity index (χ1v) is 9.41. The van der Waals surface area contributed by atoms with Crippen LogP contribution in [0.1, 0.15) is 46.1 Å². The van der Waals surface area contributed by atoms with E-state index in [1.54, 1.807) is 11.8 Å². The highest BCUT2D eigenvalue weighted by atomic mass is 19.4. The molecule has 0 radical (unpaired) electrons. The van der Waals surface area contributed by atoms with Gasteiger partial charge in [-0.05, 0) is 38.8 Å². The number of halogens is 3. The second-order valence-corrected chi connectivity index (χ2v) is 6.28. The van der Waals surface area contributed by atoms with Crippen LogP contribution in [-0.4, -0.2) is 29.2 Å². The van der Waals surface area contributed by atoms with Crippen LogP contribution >= 0.6 is 0 Å². The van der Waals surface area contributed by atoms with Crippen molar-refractivity contribution >= 4 is 11.6 Å². The number of anilines is 2. The zero-order valence-corrected chi connectivity index (χ0v) is 16.6. The Hall–Kier alpha value is -2.51. The molecule has 2 rings (SSSR count). The van der Waals surface area contributed by atoms with Crippen LogP contribution < -0.4 is 14.4 Å². The predicted octanol–water partition coefficient (Wildman–Crippen LogP) is 5.62. The molecular weight excluding hydrogens is 371 g/mol. The molecule has 0 saturated heterocycles. The molecule has 0 saturated carbocycles. The van der Waals surface area contributed by atoms with E-state index in [1.165, 1.54) is 0 Å². The first kappa shape index (κ1) is 21.8. The largest absolute Gasteiger partial charge is 0.491 e. The maximum absolute atomic E-state index is 13.4. The number of rotatable bonds is 9. The van der Waals surface area contributed by atoms with E-state index in [4.69, 9.17) is 9.47 Å². The molecule has 1 unspecified atom stereocenters. The standard InChI is InChI=1S/C20H26F3N3O2/c1-5-12-27-17-11-9-8-10-16(17)26(7-3)19-24-13-15(20(21,22)23)18(25-19)28-14(4)6-2/h8-11,13-14H,5-7,12H2,1-4H3. The Balaban J connectivity index is 2.49. The zero-order chi connectivity index (χ0) is 20.7. The Morgan fingerprint density at radius 3 is 2.46 bits per heavy atom. The summed E-state index contributed by atoms with van der Waals surface area (Å²) in [7, 11) is 0. The van der Waals surface area contributed by atoms with Crippen molar-refractivity contribution in [1.29, 1.82) is 0 Å². The molecule has 28 heavy (non-hydrogen) atoms. The van der Waals surface area contributed by atoms with Gasteiger partial charge in [-0.2, -0.15) is 18.2 Å². The van der Waals surface area contributed by atoms with Crippen LogP contribution in [-0.2, 0) is 6.18 Å². The molecule has 0 fully saturated rings. The highest BCUT2D eigenvalue weighted by Gasteiger charge is 2.37. The quantitative estimate of drug-likeness (QED) is 0.550. The molecule has 154 valence electrons. The van der Waals surface area contributed by atoms with Crippen molar-refractivity contribution in [3.63, 3.8) is 0 Å². The van der Waals surface area contributed by atoms with Gasteiger partial charge in [0.05, 0.1) is 18.4 Å². The van der Waals surface area contributed by atoms with Crippen molar-refractivity contribution in [2.75, 3.05) is 18.1 Å². The van der Waals surface area contributed by atoms with Gasteiger partial charge in [0.1, 0.15) is 11.3 Å².